The van der Waals surface area contributed by atoms with Gasteiger partial charge in [-0.1, -0.05) is 18.2 Å². The normalized spacial score (nSPS) is 22.1. The number of rotatable bonds is 5. The average Bonchev–Trinajstić information content (AvgIpc) is 2.45. The van der Waals surface area contributed by atoms with Gasteiger partial charge in [-0.15, -0.1) is 6.58 Å². The van der Waals surface area contributed by atoms with Crippen molar-refractivity contribution in [1.29, 1.82) is 0 Å². The van der Waals surface area contributed by atoms with Gasteiger partial charge in [0.05, 0.1) is 12.7 Å². The van der Waals surface area contributed by atoms with Crippen molar-refractivity contribution in [3.8, 4) is 0 Å². The molecule has 0 spiro atoms. The maximum atomic E-state index is 12.9. The largest absolute Gasteiger partial charge is 0.371 e. The summed E-state index contributed by atoms with van der Waals surface area (Å²) in [6, 6.07) is 7.16. The summed E-state index contributed by atoms with van der Waals surface area (Å²) in [6.07, 6.45) is 4.19. The number of halogens is 1. The van der Waals surface area contributed by atoms with E-state index >= 15 is 0 Å². The number of nitrogens with zero attached hydrogens (tertiary/aromatic N) is 1. The second-order valence-electron chi connectivity index (χ2n) is 5.12. The molecule has 2 atom stereocenters. The van der Waals surface area contributed by atoms with E-state index in [1.54, 1.807) is 0 Å². The lowest BCUT2D eigenvalue weighted by Crippen LogP contribution is -2.43. The van der Waals surface area contributed by atoms with Gasteiger partial charge in [-0.25, -0.2) is 4.39 Å². The van der Waals surface area contributed by atoms with Crippen molar-refractivity contribution in [2.24, 2.45) is 0 Å². The number of hydrogen-bond acceptors (Lipinski definition) is 2. The van der Waals surface area contributed by atoms with Crippen LogP contribution in [0.2, 0.25) is 0 Å². The zero-order valence-corrected chi connectivity index (χ0v) is 11.5. The van der Waals surface area contributed by atoms with Crippen LogP contribution in [0.1, 0.15) is 31.4 Å². The summed E-state index contributed by atoms with van der Waals surface area (Å²) in [4.78, 5) is 2.45. The molecule has 1 saturated heterocycles. The third-order valence-corrected chi connectivity index (χ3v) is 3.75. The third kappa shape index (κ3) is 3.88. The van der Waals surface area contributed by atoms with Crippen LogP contribution in [0.15, 0.2) is 36.9 Å². The van der Waals surface area contributed by atoms with Crippen LogP contribution in [0.25, 0.3) is 0 Å². The fourth-order valence-electron chi connectivity index (χ4n) is 2.49. The van der Waals surface area contributed by atoms with Crippen molar-refractivity contribution in [3.63, 3.8) is 0 Å². The highest BCUT2D eigenvalue weighted by Gasteiger charge is 2.24. The summed E-state index contributed by atoms with van der Waals surface area (Å²) in [5.41, 5.74) is 1.06. The molecule has 1 aromatic rings. The number of morpholine rings is 1. The maximum Gasteiger partial charge on any atom is 0.123 e. The van der Waals surface area contributed by atoms with E-state index in [1.807, 2.05) is 18.2 Å². The van der Waals surface area contributed by atoms with Gasteiger partial charge >= 0.3 is 0 Å². The summed E-state index contributed by atoms with van der Waals surface area (Å²) in [6.45, 7) is 8.60. The summed E-state index contributed by atoms with van der Waals surface area (Å²) in [5.74, 6) is -0.198. The first kappa shape index (κ1) is 14.2. The van der Waals surface area contributed by atoms with Crippen LogP contribution in [0.5, 0.6) is 0 Å². The zero-order chi connectivity index (χ0) is 13.7. The first-order chi connectivity index (χ1) is 9.20. The molecular formula is C16H22FNO. The Bertz CT molecular complexity index is 404. The molecule has 1 aromatic carbocycles. The quantitative estimate of drug-likeness (QED) is 0.753. The third-order valence-electron chi connectivity index (χ3n) is 3.75. The number of allylic oxidation sites excluding steroid dienone is 1. The van der Waals surface area contributed by atoms with Gasteiger partial charge in [-0.2, -0.15) is 0 Å². The summed E-state index contributed by atoms with van der Waals surface area (Å²) >= 11 is 0. The van der Waals surface area contributed by atoms with E-state index < -0.39 is 0 Å². The van der Waals surface area contributed by atoms with E-state index in [2.05, 4.69) is 18.4 Å². The van der Waals surface area contributed by atoms with Crippen molar-refractivity contribution >= 4 is 0 Å². The van der Waals surface area contributed by atoms with E-state index in [1.165, 1.54) is 12.1 Å². The summed E-state index contributed by atoms with van der Waals surface area (Å²) in [7, 11) is 0. The number of hydrogen-bond donors (Lipinski definition) is 0. The van der Waals surface area contributed by atoms with E-state index in [0.29, 0.717) is 6.04 Å². The lowest BCUT2D eigenvalue weighted by molar-refractivity contribution is -0.0434. The Kier molecular flexibility index (Phi) is 5.11. The lowest BCUT2D eigenvalue weighted by Gasteiger charge is -2.37. The first-order valence-corrected chi connectivity index (χ1v) is 6.92. The minimum absolute atomic E-state index is 0.0560. The molecular weight excluding hydrogens is 241 g/mol. The standard InChI is InChI=1S/C16H22FNO/c1-3-4-5-13(2)18-10-11-19-16(12-18)14-6-8-15(17)9-7-14/h3,6-9,13,16H,1,4-5,10-12H2,2H3/t13-,16-/m0/s1. The molecule has 0 saturated carbocycles. The smallest absolute Gasteiger partial charge is 0.123 e. The molecule has 0 bridgehead atoms. The van der Waals surface area contributed by atoms with E-state index in [0.717, 1.165) is 38.1 Å². The lowest BCUT2D eigenvalue weighted by atomic mass is 10.1. The van der Waals surface area contributed by atoms with Crippen LogP contribution in [0.4, 0.5) is 4.39 Å². The fraction of sp³-hybridized carbons (Fsp3) is 0.500. The molecule has 3 heteroatoms. The van der Waals surface area contributed by atoms with Crippen molar-refractivity contribution in [1.82, 2.24) is 4.90 Å². The Morgan fingerprint density at radius 1 is 1.47 bits per heavy atom. The molecule has 0 aliphatic carbocycles. The van der Waals surface area contributed by atoms with Crippen LogP contribution in [-0.2, 0) is 4.74 Å². The summed E-state index contributed by atoms with van der Waals surface area (Å²) in [5, 5.41) is 0. The fourth-order valence-corrected chi connectivity index (χ4v) is 2.49. The molecule has 1 aliphatic heterocycles. The SMILES string of the molecule is C=CCC[C@H](C)N1CCO[C@H](c2ccc(F)cc2)C1. The number of ether oxygens (including phenoxy) is 1. The number of benzene rings is 1. The van der Waals surface area contributed by atoms with E-state index in [4.69, 9.17) is 4.74 Å². The molecule has 0 unspecified atom stereocenters. The van der Waals surface area contributed by atoms with Gasteiger partial charge in [0.2, 0.25) is 0 Å². The van der Waals surface area contributed by atoms with Crippen LogP contribution >= 0.6 is 0 Å². The second-order valence-corrected chi connectivity index (χ2v) is 5.12. The molecule has 1 fully saturated rings. The molecule has 0 radical (unpaired) electrons. The van der Waals surface area contributed by atoms with Gasteiger partial charge in [0, 0.05) is 19.1 Å². The van der Waals surface area contributed by atoms with Crippen LogP contribution in [0.3, 0.4) is 0 Å². The highest BCUT2D eigenvalue weighted by atomic mass is 19.1. The topological polar surface area (TPSA) is 12.5 Å². The molecule has 0 amide bonds. The van der Waals surface area contributed by atoms with Crippen LogP contribution in [0, 0.1) is 5.82 Å². The first-order valence-electron chi connectivity index (χ1n) is 6.92. The monoisotopic (exact) mass is 263 g/mol. The van der Waals surface area contributed by atoms with Gasteiger partial charge in [0.25, 0.3) is 0 Å². The average molecular weight is 263 g/mol. The molecule has 19 heavy (non-hydrogen) atoms. The zero-order valence-electron chi connectivity index (χ0n) is 11.5. The predicted octanol–water partition coefficient (Wildman–Crippen LogP) is 3.55. The Morgan fingerprint density at radius 3 is 2.89 bits per heavy atom. The second kappa shape index (κ2) is 6.83. The van der Waals surface area contributed by atoms with Crippen molar-refractivity contribution in [2.45, 2.75) is 31.9 Å². The van der Waals surface area contributed by atoms with Gasteiger partial charge in [0.15, 0.2) is 0 Å². The predicted molar refractivity (Wildman–Crippen MR) is 75.6 cm³/mol. The summed E-state index contributed by atoms with van der Waals surface area (Å²) < 4.78 is 18.7. The minimum Gasteiger partial charge on any atom is -0.371 e. The van der Waals surface area contributed by atoms with Crippen molar-refractivity contribution in [2.75, 3.05) is 19.7 Å². The van der Waals surface area contributed by atoms with Gasteiger partial charge in [-0.05, 0) is 37.5 Å². The van der Waals surface area contributed by atoms with E-state index in [-0.39, 0.29) is 11.9 Å². The molecule has 2 nitrogen and oxygen atoms in total. The van der Waals surface area contributed by atoms with Crippen LogP contribution in [-0.4, -0.2) is 30.6 Å². The molecule has 1 aliphatic rings. The highest BCUT2D eigenvalue weighted by molar-refractivity contribution is 5.19. The van der Waals surface area contributed by atoms with E-state index in [9.17, 15) is 4.39 Å². The molecule has 1 heterocycles. The molecule has 0 N–H and O–H groups in total. The van der Waals surface area contributed by atoms with Crippen LogP contribution < -0.4 is 0 Å². The Labute approximate surface area is 114 Å². The highest BCUT2D eigenvalue weighted by Crippen LogP contribution is 2.24. The van der Waals surface area contributed by atoms with Gasteiger partial charge in [0.1, 0.15) is 5.82 Å². The Hall–Kier alpha value is -1.19. The van der Waals surface area contributed by atoms with Crippen molar-refractivity contribution < 1.29 is 9.13 Å². The molecule has 2 rings (SSSR count). The molecule has 104 valence electrons. The molecule has 0 aromatic heterocycles. The van der Waals surface area contributed by atoms with Crippen molar-refractivity contribution in [3.05, 3.63) is 48.3 Å². The van der Waals surface area contributed by atoms with Gasteiger partial charge < -0.3 is 4.74 Å². The Morgan fingerprint density at radius 2 is 2.21 bits per heavy atom. The minimum atomic E-state index is -0.198. The maximum absolute atomic E-state index is 12.9. The van der Waals surface area contributed by atoms with Gasteiger partial charge in [-0.3, -0.25) is 4.90 Å². The Balaban J connectivity index is 1.96.